The molecule has 0 aromatic carbocycles. The van der Waals surface area contributed by atoms with E-state index in [-0.39, 0.29) is 6.10 Å². The molecule has 0 saturated carbocycles. The van der Waals surface area contributed by atoms with Crippen LogP contribution in [0.25, 0.3) is 0 Å². The van der Waals surface area contributed by atoms with Crippen LogP contribution in [0.3, 0.4) is 0 Å². The summed E-state index contributed by atoms with van der Waals surface area (Å²) in [5.41, 5.74) is 0. The highest BCUT2D eigenvalue weighted by Gasteiger charge is 2.26. The molecule has 0 bridgehead atoms. The van der Waals surface area contributed by atoms with E-state index in [0.717, 1.165) is 26.1 Å². The van der Waals surface area contributed by atoms with Gasteiger partial charge in [0.2, 0.25) is 0 Å². The summed E-state index contributed by atoms with van der Waals surface area (Å²) >= 11 is 0. The van der Waals surface area contributed by atoms with Gasteiger partial charge in [-0.2, -0.15) is 0 Å². The number of halogens is 2. The summed E-state index contributed by atoms with van der Waals surface area (Å²) in [4.78, 5) is 2.20. The fourth-order valence-corrected chi connectivity index (χ4v) is 1.34. The van der Waals surface area contributed by atoms with Crippen molar-refractivity contribution in [1.29, 1.82) is 0 Å². The first-order chi connectivity index (χ1) is 5.72. The molecule has 1 saturated heterocycles. The largest absolute Gasteiger partial charge is 0.370 e. The quantitative estimate of drug-likeness (QED) is 0.632. The predicted octanol–water partition coefficient (Wildman–Crippen LogP) is 1.36. The number of ether oxygens (including phenoxy) is 1. The smallest absolute Gasteiger partial charge is 0.261 e. The van der Waals surface area contributed by atoms with Gasteiger partial charge in [-0.15, -0.1) is 0 Å². The molecule has 1 fully saturated rings. The molecule has 72 valence electrons. The predicted molar refractivity (Wildman–Crippen MR) is 42.5 cm³/mol. The average molecular weight is 179 g/mol. The van der Waals surface area contributed by atoms with E-state index < -0.39 is 13.0 Å². The number of hydrogen-bond donors (Lipinski definition) is 0. The minimum absolute atomic E-state index is 0.0468. The molecule has 2 nitrogen and oxygen atoms in total. The summed E-state index contributed by atoms with van der Waals surface area (Å²) in [5, 5.41) is 0. The van der Waals surface area contributed by atoms with Crippen LogP contribution in [0.5, 0.6) is 0 Å². The molecular weight excluding hydrogens is 164 g/mol. The van der Waals surface area contributed by atoms with E-state index in [1.807, 2.05) is 0 Å². The summed E-state index contributed by atoms with van der Waals surface area (Å²) in [6.45, 7) is 4.38. The van der Waals surface area contributed by atoms with Gasteiger partial charge in [0.25, 0.3) is 6.43 Å². The van der Waals surface area contributed by atoms with Crippen molar-refractivity contribution in [1.82, 2.24) is 4.90 Å². The van der Waals surface area contributed by atoms with Crippen molar-refractivity contribution in [3.63, 3.8) is 0 Å². The van der Waals surface area contributed by atoms with E-state index in [0.29, 0.717) is 0 Å². The molecule has 1 aliphatic heterocycles. The molecule has 1 heterocycles. The number of hydrogen-bond acceptors (Lipinski definition) is 2. The molecule has 0 unspecified atom stereocenters. The van der Waals surface area contributed by atoms with E-state index in [4.69, 9.17) is 4.74 Å². The third-order valence-corrected chi connectivity index (χ3v) is 1.92. The van der Waals surface area contributed by atoms with Gasteiger partial charge in [0.15, 0.2) is 0 Å². The van der Waals surface area contributed by atoms with Gasteiger partial charge in [-0.1, -0.05) is 6.92 Å². The maximum absolute atomic E-state index is 11.7. The molecule has 0 aromatic heterocycles. The summed E-state index contributed by atoms with van der Waals surface area (Å²) in [7, 11) is 0. The van der Waals surface area contributed by atoms with Gasteiger partial charge < -0.3 is 4.74 Å². The molecule has 1 aliphatic rings. The lowest BCUT2D eigenvalue weighted by Crippen LogP contribution is -2.52. The first-order valence-corrected chi connectivity index (χ1v) is 4.34. The Morgan fingerprint density at radius 1 is 1.50 bits per heavy atom. The highest BCUT2D eigenvalue weighted by atomic mass is 19.3. The van der Waals surface area contributed by atoms with Crippen molar-refractivity contribution in [2.45, 2.75) is 25.9 Å². The molecule has 12 heavy (non-hydrogen) atoms. The maximum atomic E-state index is 11.7. The molecule has 0 amide bonds. The Kier molecular flexibility index (Phi) is 3.88. The third-order valence-electron chi connectivity index (χ3n) is 1.92. The van der Waals surface area contributed by atoms with Crippen molar-refractivity contribution < 1.29 is 13.5 Å². The van der Waals surface area contributed by atoms with Crippen LogP contribution in [0, 0.1) is 0 Å². The Hall–Kier alpha value is -0.220. The number of rotatable bonds is 5. The standard InChI is InChI=1S/C8H15F2NO/c1-2-3-11-4-7(5-11)12-6-8(9)10/h7-8H,2-6H2,1H3. The summed E-state index contributed by atoms with van der Waals surface area (Å²) in [6, 6.07) is 0. The second kappa shape index (κ2) is 4.72. The number of alkyl halides is 2. The lowest BCUT2D eigenvalue weighted by Gasteiger charge is -2.38. The molecule has 0 radical (unpaired) electrons. The molecule has 0 aliphatic carbocycles. The molecule has 4 heteroatoms. The van der Waals surface area contributed by atoms with Crippen molar-refractivity contribution in [2.24, 2.45) is 0 Å². The van der Waals surface area contributed by atoms with E-state index in [1.165, 1.54) is 0 Å². The Morgan fingerprint density at radius 2 is 2.17 bits per heavy atom. The van der Waals surface area contributed by atoms with Crippen molar-refractivity contribution in [3.05, 3.63) is 0 Å². The van der Waals surface area contributed by atoms with Crippen molar-refractivity contribution >= 4 is 0 Å². The van der Waals surface area contributed by atoms with Gasteiger partial charge in [-0.25, -0.2) is 8.78 Å². The molecule has 1 rings (SSSR count). The highest BCUT2D eigenvalue weighted by molar-refractivity contribution is 4.79. The van der Waals surface area contributed by atoms with E-state index >= 15 is 0 Å². The van der Waals surface area contributed by atoms with Gasteiger partial charge in [0.1, 0.15) is 6.61 Å². The zero-order valence-electron chi connectivity index (χ0n) is 7.30. The van der Waals surface area contributed by atoms with Crippen molar-refractivity contribution in [3.8, 4) is 0 Å². The first kappa shape index (κ1) is 9.86. The van der Waals surface area contributed by atoms with Gasteiger partial charge >= 0.3 is 0 Å². The topological polar surface area (TPSA) is 12.5 Å². The molecule has 0 atom stereocenters. The van der Waals surface area contributed by atoms with E-state index in [9.17, 15) is 8.78 Å². The van der Waals surface area contributed by atoms with Crippen LogP contribution in [-0.2, 0) is 4.74 Å². The Bertz CT molecular complexity index is 126. The van der Waals surface area contributed by atoms with Crippen LogP contribution in [0.15, 0.2) is 0 Å². The first-order valence-electron chi connectivity index (χ1n) is 4.34. The molecule has 0 aromatic rings. The SMILES string of the molecule is CCCN1CC(OCC(F)F)C1. The van der Waals surface area contributed by atoms with Gasteiger partial charge in [-0.05, 0) is 13.0 Å². The van der Waals surface area contributed by atoms with Crippen LogP contribution >= 0.6 is 0 Å². The van der Waals surface area contributed by atoms with Gasteiger partial charge in [-0.3, -0.25) is 4.90 Å². The summed E-state index contributed by atoms with van der Waals surface area (Å²) in [5.74, 6) is 0. The van der Waals surface area contributed by atoms with Crippen LogP contribution in [0.2, 0.25) is 0 Å². The van der Waals surface area contributed by atoms with Crippen molar-refractivity contribution in [2.75, 3.05) is 26.2 Å². The minimum Gasteiger partial charge on any atom is -0.370 e. The second-order valence-electron chi connectivity index (χ2n) is 3.11. The second-order valence-corrected chi connectivity index (χ2v) is 3.11. The lowest BCUT2D eigenvalue weighted by atomic mass is 10.1. The van der Waals surface area contributed by atoms with Crippen LogP contribution in [0.1, 0.15) is 13.3 Å². The molecular formula is C8H15F2NO. The van der Waals surface area contributed by atoms with Gasteiger partial charge in [0.05, 0.1) is 6.10 Å². The highest BCUT2D eigenvalue weighted by Crippen LogP contribution is 2.12. The van der Waals surface area contributed by atoms with E-state index in [2.05, 4.69) is 11.8 Å². The fourth-order valence-electron chi connectivity index (χ4n) is 1.34. The molecule has 0 N–H and O–H groups in total. The Morgan fingerprint density at radius 3 is 2.67 bits per heavy atom. The Labute approximate surface area is 71.5 Å². The zero-order valence-corrected chi connectivity index (χ0v) is 7.30. The van der Waals surface area contributed by atoms with Crippen LogP contribution in [0.4, 0.5) is 8.78 Å². The van der Waals surface area contributed by atoms with E-state index in [1.54, 1.807) is 0 Å². The fraction of sp³-hybridized carbons (Fsp3) is 1.00. The normalized spacial score (nSPS) is 20.0. The lowest BCUT2D eigenvalue weighted by molar-refractivity contribution is -0.0877. The van der Waals surface area contributed by atoms with Crippen LogP contribution in [-0.4, -0.2) is 43.7 Å². The molecule has 0 spiro atoms. The Balaban J connectivity index is 1.95. The number of likely N-dealkylation sites (tertiary alicyclic amines) is 1. The third kappa shape index (κ3) is 3.03. The maximum Gasteiger partial charge on any atom is 0.261 e. The summed E-state index contributed by atoms with van der Waals surface area (Å²) in [6.07, 6.45) is -1.17. The monoisotopic (exact) mass is 179 g/mol. The zero-order chi connectivity index (χ0) is 8.97. The van der Waals surface area contributed by atoms with Gasteiger partial charge in [0, 0.05) is 13.1 Å². The minimum atomic E-state index is -2.33. The summed E-state index contributed by atoms with van der Waals surface area (Å²) < 4.78 is 28.2. The van der Waals surface area contributed by atoms with Crippen LogP contribution < -0.4 is 0 Å². The average Bonchev–Trinajstić information content (AvgIpc) is 1.93. The number of nitrogens with zero attached hydrogens (tertiary/aromatic N) is 1.